The van der Waals surface area contributed by atoms with Gasteiger partial charge in [-0.3, -0.25) is 0 Å². The Morgan fingerprint density at radius 1 is 0.600 bits per heavy atom. The summed E-state index contributed by atoms with van der Waals surface area (Å²) in [6.07, 6.45) is 0. The molecule has 2 nitrogen and oxygen atoms in total. The molecule has 0 saturated carbocycles. The van der Waals surface area contributed by atoms with Gasteiger partial charge in [0.1, 0.15) is 0 Å². The van der Waals surface area contributed by atoms with E-state index < -0.39 is 0 Å². The minimum absolute atomic E-state index is 0. The Bertz CT molecular complexity index is 87.4. The van der Waals surface area contributed by atoms with Crippen molar-refractivity contribution in [1.82, 2.24) is 9.80 Å². The molecule has 0 spiro atoms. The normalized spacial score (nSPS) is 9.20. The molecule has 0 aliphatic carbocycles. The average Bonchev–Trinajstić information content (AvgIpc) is 2.13. The van der Waals surface area contributed by atoms with Crippen molar-refractivity contribution in [2.45, 2.75) is 27.7 Å². The molecule has 0 aliphatic rings. The van der Waals surface area contributed by atoms with Gasteiger partial charge in [0, 0.05) is 13.1 Å². The third-order valence-corrected chi connectivity index (χ3v) is 2.52. The predicted molar refractivity (Wildman–Crippen MR) is 55.6 cm³/mol. The molecule has 0 heterocycles. The Morgan fingerprint density at radius 2 is 0.800 bits per heavy atom. The van der Waals surface area contributed by atoms with Gasteiger partial charge in [0.25, 0.3) is 0 Å². The van der Waals surface area contributed by atoms with E-state index in [1.54, 1.807) is 0 Å². The van der Waals surface area contributed by atoms with E-state index in [4.69, 9.17) is 0 Å². The number of halogens is 2. The summed E-state index contributed by atoms with van der Waals surface area (Å²) in [5, 5.41) is 0. The van der Waals surface area contributed by atoms with Crippen molar-refractivity contribution in [2.24, 2.45) is 0 Å². The second kappa shape index (κ2) is 17.4. The molecule has 0 aliphatic heterocycles. The van der Waals surface area contributed by atoms with Crippen LogP contribution in [0.1, 0.15) is 27.7 Å². The molecule has 0 aromatic rings. The number of rotatable bonds is 7. The van der Waals surface area contributed by atoms with Crippen LogP contribution in [0.25, 0.3) is 0 Å². The molecular formula is C10H24Cl2CuN2. The van der Waals surface area contributed by atoms with E-state index >= 15 is 0 Å². The van der Waals surface area contributed by atoms with Gasteiger partial charge in [0.2, 0.25) is 0 Å². The van der Waals surface area contributed by atoms with Crippen molar-refractivity contribution in [1.29, 1.82) is 0 Å². The summed E-state index contributed by atoms with van der Waals surface area (Å²) >= 11 is 0. The minimum Gasteiger partial charge on any atom is -1.00 e. The molecule has 0 amide bonds. The van der Waals surface area contributed by atoms with Crippen LogP contribution in [0.15, 0.2) is 0 Å². The van der Waals surface area contributed by atoms with Gasteiger partial charge in [-0.05, 0) is 26.2 Å². The molecule has 0 aromatic carbocycles. The second-order valence-electron chi connectivity index (χ2n) is 3.05. The molecule has 0 aromatic heterocycles. The van der Waals surface area contributed by atoms with E-state index in [9.17, 15) is 0 Å². The van der Waals surface area contributed by atoms with Crippen LogP contribution in [0.5, 0.6) is 0 Å². The van der Waals surface area contributed by atoms with Gasteiger partial charge in [-0.2, -0.15) is 0 Å². The maximum absolute atomic E-state index is 2.47. The van der Waals surface area contributed by atoms with Crippen LogP contribution in [0.4, 0.5) is 0 Å². The van der Waals surface area contributed by atoms with Gasteiger partial charge >= 0.3 is 17.1 Å². The summed E-state index contributed by atoms with van der Waals surface area (Å²) in [5.74, 6) is 0. The topological polar surface area (TPSA) is 6.48 Å². The predicted octanol–water partition coefficient (Wildman–Crippen LogP) is -4.32. The fraction of sp³-hybridized carbons (Fsp3) is 1.00. The van der Waals surface area contributed by atoms with E-state index in [0.29, 0.717) is 0 Å². The van der Waals surface area contributed by atoms with E-state index in [-0.39, 0.29) is 41.9 Å². The molecule has 99 valence electrons. The van der Waals surface area contributed by atoms with Crippen LogP contribution in [0.2, 0.25) is 0 Å². The summed E-state index contributed by atoms with van der Waals surface area (Å²) in [6.45, 7) is 16.1. The summed E-state index contributed by atoms with van der Waals surface area (Å²) in [7, 11) is 0. The molecule has 0 saturated heterocycles. The van der Waals surface area contributed by atoms with Crippen molar-refractivity contribution < 1.29 is 41.9 Å². The SMILES string of the molecule is CCN(CC)CCN(CC)CC.[Cl-].[Cl-].[Cu+2]. The molecule has 5 heteroatoms. The quantitative estimate of drug-likeness (QED) is 0.439. The molecule has 1 radical (unpaired) electrons. The fourth-order valence-corrected chi connectivity index (χ4v) is 1.36. The summed E-state index contributed by atoms with van der Waals surface area (Å²) in [6, 6.07) is 0. The Kier molecular flexibility index (Phi) is 29.0. The Hall–Kier alpha value is 1.02. The van der Waals surface area contributed by atoms with Gasteiger partial charge in [0.15, 0.2) is 0 Å². The fourth-order valence-electron chi connectivity index (χ4n) is 1.36. The van der Waals surface area contributed by atoms with Crippen molar-refractivity contribution in [2.75, 3.05) is 39.3 Å². The van der Waals surface area contributed by atoms with Crippen LogP contribution in [0.3, 0.4) is 0 Å². The Labute approximate surface area is 118 Å². The zero-order valence-corrected chi connectivity index (χ0v) is 12.6. The number of hydrogen-bond donors (Lipinski definition) is 0. The van der Waals surface area contributed by atoms with Crippen LogP contribution < -0.4 is 24.8 Å². The van der Waals surface area contributed by atoms with Crippen LogP contribution >= 0.6 is 0 Å². The molecule has 0 rings (SSSR count). The minimum atomic E-state index is 0. The molecular weight excluding hydrogens is 283 g/mol. The van der Waals surface area contributed by atoms with Gasteiger partial charge in [-0.15, -0.1) is 0 Å². The summed E-state index contributed by atoms with van der Waals surface area (Å²) in [5.41, 5.74) is 0. The van der Waals surface area contributed by atoms with Crippen LogP contribution in [-0.4, -0.2) is 49.1 Å². The van der Waals surface area contributed by atoms with Crippen molar-refractivity contribution >= 4 is 0 Å². The maximum Gasteiger partial charge on any atom is 2.00 e. The molecule has 0 bridgehead atoms. The van der Waals surface area contributed by atoms with Crippen LogP contribution in [-0.2, 0) is 17.1 Å². The van der Waals surface area contributed by atoms with Crippen molar-refractivity contribution in [3.63, 3.8) is 0 Å². The van der Waals surface area contributed by atoms with E-state index in [2.05, 4.69) is 37.5 Å². The summed E-state index contributed by atoms with van der Waals surface area (Å²) < 4.78 is 0. The third kappa shape index (κ3) is 13.0. The van der Waals surface area contributed by atoms with E-state index in [1.807, 2.05) is 0 Å². The smallest absolute Gasteiger partial charge is 1.00 e. The molecule has 0 fully saturated rings. The first kappa shape index (κ1) is 25.0. The average molecular weight is 307 g/mol. The van der Waals surface area contributed by atoms with Gasteiger partial charge in [0.05, 0.1) is 0 Å². The largest absolute Gasteiger partial charge is 2.00 e. The molecule has 15 heavy (non-hydrogen) atoms. The molecule has 0 N–H and O–H groups in total. The maximum atomic E-state index is 2.47. The second-order valence-corrected chi connectivity index (χ2v) is 3.05. The van der Waals surface area contributed by atoms with Crippen molar-refractivity contribution in [3.8, 4) is 0 Å². The number of hydrogen-bond acceptors (Lipinski definition) is 2. The molecule has 0 unspecified atom stereocenters. The van der Waals surface area contributed by atoms with E-state index in [0.717, 1.165) is 0 Å². The Balaban J connectivity index is -0.000000202. The first-order valence-corrected chi connectivity index (χ1v) is 5.23. The van der Waals surface area contributed by atoms with Gasteiger partial charge < -0.3 is 34.6 Å². The third-order valence-electron chi connectivity index (χ3n) is 2.52. The van der Waals surface area contributed by atoms with Crippen LogP contribution in [0, 0.1) is 0 Å². The number of nitrogens with zero attached hydrogens (tertiary/aromatic N) is 2. The first-order chi connectivity index (χ1) is 5.78. The Morgan fingerprint density at radius 3 is 0.933 bits per heavy atom. The first-order valence-electron chi connectivity index (χ1n) is 5.23. The molecule has 0 atom stereocenters. The van der Waals surface area contributed by atoms with Gasteiger partial charge in [-0.25, -0.2) is 0 Å². The van der Waals surface area contributed by atoms with Crippen molar-refractivity contribution in [3.05, 3.63) is 0 Å². The number of likely N-dealkylation sites (N-methyl/N-ethyl adjacent to an activating group) is 2. The standard InChI is InChI=1S/C10H24N2.2ClH.Cu/c1-5-11(6-2)9-10-12(7-3)8-4;;;/h5-10H2,1-4H3;2*1H;/q;;;+2/p-2. The zero-order chi connectivity index (χ0) is 9.40. The van der Waals surface area contributed by atoms with E-state index in [1.165, 1.54) is 39.3 Å². The monoisotopic (exact) mass is 305 g/mol. The summed E-state index contributed by atoms with van der Waals surface area (Å²) in [4.78, 5) is 4.94. The van der Waals surface area contributed by atoms with Gasteiger partial charge in [-0.1, -0.05) is 27.7 Å². The zero-order valence-electron chi connectivity index (χ0n) is 10.2.